The van der Waals surface area contributed by atoms with E-state index in [1.807, 2.05) is 0 Å². The van der Waals surface area contributed by atoms with Gasteiger partial charge in [0.15, 0.2) is 5.82 Å². The lowest BCUT2D eigenvalue weighted by Crippen LogP contribution is -2.00. The summed E-state index contributed by atoms with van der Waals surface area (Å²) in [6.45, 7) is 5.22. The maximum absolute atomic E-state index is 12.5. The van der Waals surface area contributed by atoms with Crippen molar-refractivity contribution in [1.29, 1.82) is 0 Å². The Morgan fingerprint density at radius 3 is 2.75 bits per heavy atom. The summed E-state index contributed by atoms with van der Waals surface area (Å²) in [6, 6.07) is 1.66. The Balaban J connectivity index is 2.72. The average molecular weight is 221 g/mol. The fraction of sp³-hybridized carbons (Fsp3) is 0.182. The smallest absolute Gasteiger partial charge is 0.252 e. The summed E-state index contributed by atoms with van der Waals surface area (Å²) in [5.41, 5.74) is 2.15. The third-order valence-corrected chi connectivity index (χ3v) is 2.18. The molecule has 0 saturated carbocycles. The predicted octanol–water partition coefficient (Wildman–Crippen LogP) is 2.91. The number of fused-ring (bicyclic) bond motifs is 1. The molecule has 82 valence electrons. The number of aryl methyl sites for hydroxylation is 1. The minimum Gasteiger partial charge on any atom is -0.252 e. The number of hydrogen-bond donors (Lipinski definition) is 0. The standard InChI is InChI=1S/C11H9F2N3/c1-3-7-4-8-9(14-5-7)6(2)15-11(16-8)10(12)13/h3-5,10H,1H2,2H3. The van der Waals surface area contributed by atoms with E-state index in [2.05, 4.69) is 21.5 Å². The van der Waals surface area contributed by atoms with E-state index >= 15 is 0 Å². The Kier molecular flexibility index (Phi) is 2.60. The van der Waals surface area contributed by atoms with Crippen LogP contribution in [0.5, 0.6) is 0 Å². The van der Waals surface area contributed by atoms with Gasteiger partial charge in [0.05, 0.1) is 11.2 Å². The van der Waals surface area contributed by atoms with Gasteiger partial charge in [-0.25, -0.2) is 18.7 Å². The molecule has 0 spiro atoms. The minimum absolute atomic E-state index is 0.417. The fourth-order valence-electron chi connectivity index (χ4n) is 1.42. The molecule has 2 heterocycles. The molecule has 0 radical (unpaired) electrons. The molecule has 2 aromatic rings. The van der Waals surface area contributed by atoms with E-state index in [0.717, 1.165) is 5.56 Å². The zero-order valence-electron chi connectivity index (χ0n) is 8.61. The van der Waals surface area contributed by atoms with Crippen LogP contribution in [-0.2, 0) is 0 Å². The highest BCUT2D eigenvalue weighted by Crippen LogP contribution is 2.20. The van der Waals surface area contributed by atoms with E-state index in [9.17, 15) is 8.78 Å². The Morgan fingerprint density at radius 2 is 2.12 bits per heavy atom. The number of aromatic nitrogens is 3. The van der Waals surface area contributed by atoms with Crippen LogP contribution < -0.4 is 0 Å². The van der Waals surface area contributed by atoms with Crippen molar-refractivity contribution in [2.45, 2.75) is 13.3 Å². The number of hydrogen-bond acceptors (Lipinski definition) is 3. The lowest BCUT2D eigenvalue weighted by molar-refractivity contribution is 0.140. The topological polar surface area (TPSA) is 38.7 Å². The number of nitrogens with zero attached hydrogens (tertiary/aromatic N) is 3. The molecular formula is C11H9F2N3. The molecule has 0 aromatic carbocycles. The summed E-state index contributed by atoms with van der Waals surface area (Å²) in [6.07, 6.45) is 0.523. The molecule has 3 nitrogen and oxygen atoms in total. The largest absolute Gasteiger partial charge is 0.297 e. The number of alkyl halides is 2. The maximum atomic E-state index is 12.5. The average Bonchev–Trinajstić information content (AvgIpc) is 2.28. The number of rotatable bonds is 2. The lowest BCUT2D eigenvalue weighted by Gasteiger charge is -2.04. The van der Waals surface area contributed by atoms with Gasteiger partial charge in [0, 0.05) is 6.20 Å². The van der Waals surface area contributed by atoms with Crippen LogP contribution in [0.2, 0.25) is 0 Å². The molecule has 5 heteroatoms. The SMILES string of the molecule is C=Cc1cnc2c(C)nc(C(F)F)nc2c1. The van der Waals surface area contributed by atoms with Crippen LogP contribution in [0.1, 0.15) is 23.5 Å². The Labute approximate surface area is 90.9 Å². The fourth-order valence-corrected chi connectivity index (χ4v) is 1.42. The number of pyridine rings is 1. The van der Waals surface area contributed by atoms with Crippen LogP contribution in [0.25, 0.3) is 17.1 Å². The van der Waals surface area contributed by atoms with Gasteiger partial charge in [0.25, 0.3) is 6.43 Å². The zero-order valence-corrected chi connectivity index (χ0v) is 8.61. The van der Waals surface area contributed by atoms with Gasteiger partial charge in [0.1, 0.15) is 5.52 Å². The molecule has 0 aliphatic carbocycles. The molecule has 0 atom stereocenters. The Hall–Kier alpha value is -1.91. The lowest BCUT2D eigenvalue weighted by atomic mass is 10.2. The zero-order chi connectivity index (χ0) is 11.7. The van der Waals surface area contributed by atoms with Gasteiger partial charge in [-0.3, -0.25) is 4.98 Å². The summed E-state index contributed by atoms with van der Waals surface area (Å²) in [7, 11) is 0. The van der Waals surface area contributed by atoms with Gasteiger partial charge in [-0.05, 0) is 18.6 Å². The Bertz CT molecular complexity index is 552. The third-order valence-electron chi connectivity index (χ3n) is 2.18. The molecule has 0 bridgehead atoms. The van der Waals surface area contributed by atoms with Crippen molar-refractivity contribution < 1.29 is 8.78 Å². The van der Waals surface area contributed by atoms with Crippen LogP contribution in [-0.4, -0.2) is 15.0 Å². The van der Waals surface area contributed by atoms with Crippen molar-refractivity contribution in [3.8, 4) is 0 Å². The van der Waals surface area contributed by atoms with Gasteiger partial charge >= 0.3 is 0 Å². The molecule has 16 heavy (non-hydrogen) atoms. The summed E-state index contributed by atoms with van der Waals surface area (Å²) in [5.74, 6) is -0.465. The molecular weight excluding hydrogens is 212 g/mol. The van der Waals surface area contributed by atoms with E-state index in [0.29, 0.717) is 16.7 Å². The highest BCUT2D eigenvalue weighted by molar-refractivity contribution is 5.78. The van der Waals surface area contributed by atoms with Crippen LogP contribution in [0.3, 0.4) is 0 Å². The predicted molar refractivity (Wildman–Crippen MR) is 57.1 cm³/mol. The van der Waals surface area contributed by atoms with Crippen LogP contribution >= 0.6 is 0 Å². The van der Waals surface area contributed by atoms with Gasteiger partial charge in [-0.2, -0.15) is 0 Å². The van der Waals surface area contributed by atoms with Crippen LogP contribution in [0.4, 0.5) is 8.78 Å². The van der Waals surface area contributed by atoms with Crippen molar-refractivity contribution in [3.63, 3.8) is 0 Å². The summed E-state index contributed by atoms with van der Waals surface area (Å²) >= 11 is 0. The van der Waals surface area contributed by atoms with Crippen molar-refractivity contribution in [2.24, 2.45) is 0 Å². The summed E-state index contributed by atoms with van der Waals surface area (Å²) in [5, 5.41) is 0. The van der Waals surface area contributed by atoms with Crippen molar-refractivity contribution >= 4 is 17.1 Å². The maximum Gasteiger partial charge on any atom is 0.297 e. The highest BCUT2D eigenvalue weighted by Gasteiger charge is 2.13. The Morgan fingerprint density at radius 1 is 1.38 bits per heavy atom. The van der Waals surface area contributed by atoms with Crippen molar-refractivity contribution in [2.75, 3.05) is 0 Å². The van der Waals surface area contributed by atoms with Crippen molar-refractivity contribution in [1.82, 2.24) is 15.0 Å². The molecule has 0 fully saturated rings. The second-order valence-corrected chi connectivity index (χ2v) is 3.31. The quantitative estimate of drug-likeness (QED) is 0.782. The van der Waals surface area contributed by atoms with Crippen molar-refractivity contribution in [3.05, 3.63) is 35.9 Å². The molecule has 0 N–H and O–H groups in total. The molecule has 0 aliphatic rings. The van der Waals surface area contributed by atoms with E-state index in [1.54, 1.807) is 25.3 Å². The normalized spacial score (nSPS) is 11.0. The summed E-state index contributed by atoms with van der Waals surface area (Å²) in [4.78, 5) is 11.6. The van der Waals surface area contributed by atoms with Gasteiger partial charge in [-0.15, -0.1) is 0 Å². The van der Waals surface area contributed by atoms with Crippen LogP contribution in [0, 0.1) is 6.92 Å². The molecule has 2 rings (SSSR count). The highest BCUT2D eigenvalue weighted by atomic mass is 19.3. The molecule has 0 amide bonds. The first-order valence-corrected chi connectivity index (χ1v) is 4.66. The van der Waals surface area contributed by atoms with Crippen LogP contribution in [0.15, 0.2) is 18.8 Å². The monoisotopic (exact) mass is 221 g/mol. The molecule has 0 unspecified atom stereocenters. The van der Waals surface area contributed by atoms with E-state index in [4.69, 9.17) is 0 Å². The third kappa shape index (κ3) is 1.76. The molecule has 0 aliphatic heterocycles. The van der Waals surface area contributed by atoms with E-state index in [1.165, 1.54) is 0 Å². The van der Waals surface area contributed by atoms with Gasteiger partial charge in [0.2, 0.25) is 0 Å². The second-order valence-electron chi connectivity index (χ2n) is 3.31. The first-order chi connectivity index (χ1) is 7.61. The molecule has 0 saturated heterocycles. The second kappa shape index (κ2) is 3.92. The van der Waals surface area contributed by atoms with E-state index in [-0.39, 0.29) is 0 Å². The first kappa shape index (κ1) is 10.6. The van der Waals surface area contributed by atoms with Gasteiger partial charge in [-0.1, -0.05) is 12.7 Å². The van der Waals surface area contributed by atoms with Gasteiger partial charge < -0.3 is 0 Å². The minimum atomic E-state index is -2.67. The van der Waals surface area contributed by atoms with E-state index < -0.39 is 12.2 Å². The number of halogens is 2. The summed E-state index contributed by atoms with van der Waals surface area (Å²) < 4.78 is 25.0. The molecule has 2 aromatic heterocycles. The first-order valence-electron chi connectivity index (χ1n) is 4.66.